The zero-order valence-electron chi connectivity index (χ0n) is 10.8. The number of carboxylic acid groups (broad SMARTS) is 1. The average Bonchev–Trinajstić information content (AvgIpc) is 2.39. The molecule has 20 heavy (non-hydrogen) atoms. The number of hydrogen-bond acceptors (Lipinski definition) is 4. The molecule has 2 amide bonds. The van der Waals surface area contributed by atoms with Crippen molar-refractivity contribution in [3.63, 3.8) is 0 Å². The van der Waals surface area contributed by atoms with Crippen LogP contribution in [0.2, 0.25) is 0 Å². The Labute approximate surface area is 120 Å². The maximum absolute atomic E-state index is 11.8. The Hall–Kier alpha value is -1.89. The highest BCUT2D eigenvalue weighted by Gasteiger charge is 2.16. The fourth-order valence-electron chi connectivity index (χ4n) is 2.00. The van der Waals surface area contributed by atoms with Crippen molar-refractivity contribution in [2.75, 3.05) is 16.8 Å². The summed E-state index contributed by atoms with van der Waals surface area (Å²) < 4.78 is 0. The van der Waals surface area contributed by atoms with Gasteiger partial charge in [-0.3, -0.25) is 0 Å². The third-order valence-corrected chi connectivity index (χ3v) is 4.20. The Kier molecular flexibility index (Phi) is 4.73. The van der Waals surface area contributed by atoms with Crippen LogP contribution < -0.4 is 10.6 Å². The average molecular weight is 296 g/mol. The third kappa shape index (κ3) is 3.80. The molecule has 1 aliphatic rings. The lowest BCUT2D eigenvalue weighted by Gasteiger charge is -2.22. The van der Waals surface area contributed by atoms with Crippen LogP contribution in [-0.2, 0) is 0 Å². The van der Waals surface area contributed by atoms with Gasteiger partial charge in [-0.1, -0.05) is 0 Å². The van der Waals surface area contributed by atoms with Gasteiger partial charge in [-0.2, -0.15) is 11.8 Å². The van der Waals surface area contributed by atoms with Crippen molar-refractivity contribution < 1.29 is 19.8 Å². The van der Waals surface area contributed by atoms with Crippen LogP contribution >= 0.6 is 11.8 Å². The number of carbonyl (C=O) groups excluding carboxylic acids is 1. The molecule has 0 spiro atoms. The van der Waals surface area contributed by atoms with Crippen molar-refractivity contribution in [2.45, 2.75) is 18.9 Å². The topological polar surface area (TPSA) is 98.7 Å². The van der Waals surface area contributed by atoms with Gasteiger partial charge in [0.25, 0.3) is 0 Å². The number of aromatic hydroxyl groups is 1. The van der Waals surface area contributed by atoms with Crippen LogP contribution in [0.5, 0.6) is 5.75 Å². The predicted octanol–water partition coefficient (Wildman–Crippen LogP) is 2.11. The summed E-state index contributed by atoms with van der Waals surface area (Å²) in [4.78, 5) is 22.5. The van der Waals surface area contributed by atoms with Crippen molar-refractivity contribution >= 4 is 29.4 Å². The van der Waals surface area contributed by atoms with E-state index >= 15 is 0 Å². The molecule has 1 fully saturated rings. The number of carbonyl (C=O) groups is 2. The monoisotopic (exact) mass is 296 g/mol. The smallest absolute Gasteiger partial charge is 0.339 e. The van der Waals surface area contributed by atoms with Crippen molar-refractivity contribution in [3.05, 3.63) is 23.8 Å². The van der Waals surface area contributed by atoms with E-state index in [1.54, 1.807) is 0 Å². The fourth-order valence-corrected chi connectivity index (χ4v) is 3.07. The summed E-state index contributed by atoms with van der Waals surface area (Å²) in [6.45, 7) is 0. The summed E-state index contributed by atoms with van der Waals surface area (Å²) in [6, 6.07) is 3.72. The first kappa shape index (κ1) is 14.5. The first-order valence-corrected chi connectivity index (χ1v) is 7.43. The van der Waals surface area contributed by atoms with Crippen molar-refractivity contribution in [1.82, 2.24) is 5.32 Å². The number of rotatable bonds is 3. The zero-order valence-corrected chi connectivity index (χ0v) is 11.6. The molecule has 0 aliphatic carbocycles. The highest BCUT2D eigenvalue weighted by Crippen LogP contribution is 2.22. The number of urea groups is 1. The quantitative estimate of drug-likeness (QED) is 0.684. The molecule has 6 nitrogen and oxygen atoms in total. The molecular weight excluding hydrogens is 280 g/mol. The molecule has 1 heterocycles. The second-order valence-electron chi connectivity index (χ2n) is 4.55. The standard InChI is InChI=1S/C13H16N2O4S/c16-11-6-8(3-4-10(11)12(17)18)14-13(19)15-9-2-1-5-20-7-9/h3-4,6,9,16H,1-2,5,7H2,(H,17,18)(H2,14,15,19). The first-order chi connectivity index (χ1) is 9.56. The molecule has 1 aromatic rings. The van der Waals surface area contributed by atoms with Crippen LogP contribution in [0.1, 0.15) is 23.2 Å². The molecule has 1 aliphatic heterocycles. The lowest BCUT2D eigenvalue weighted by Crippen LogP contribution is -2.40. The first-order valence-electron chi connectivity index (χ1n) is 6.28. The molecule has 0 aromatic heterocycles. The van der Waals surface area contributed by atoms with Gasteiger partial charge < -0.3 is 20.8 Å². The number of thioether (sulfide) groups is 1. The van der Waals surface area contributed by atoms with Gasteiger partial charge in [0.15, 0.2) is 0 Å². The minimum Gasteiger partial charge on any atom is -0.507 e. The summed E-state index contributed by atoms with van der Waals surface area (Å²) >= 11 is 1.81. The Bertz CT molecular complexity index is 515. The predicted molar refractivity (Wildman–Crippen MR) is 77.6 cm³/mol. The highest BCUT2D eigenvalue weighted by molar-refractivity contribution is 7.99. The minimum absolute atomic E-state index is 0.153. The van der Waals surface area contributed by atoms with Gasteiger partial charge >= 0.3 is 12.0 Å². The maximum Gasteiger partial charge on any atom is 0.339 e. The van der Waals surface area contributed by atoms with E-state index in [1.807, 2.05) is 11.8 Å². The van der Waals surface area contributed by atoms with Gasteiger partial charge in [0, 0.05) is 23.5 Å². The molecule has 0 radical (unpaired) electrons. The molecule has 0 saturated carbocycles. The van der Waals surface area contributed by atoms with Crippen LogP contribution in [0.15, 0.2) is 18.2 Å². The molecular formula is C13H16N2O4S. The van der Waals surface area contributed by atoms with E-state index in [4.69, 9.17) is 5.11 Å². The largest absolute Gasteiger partial charge is 0.507 e. The van der Waals surface area contributed by atoms with E-state index in [9.17, 15) is 14.7 Å². The van der Waals surface area contributed by atoms with Gasteiger partial charge in [-0.25, -0.2) is 9.59 Å². The molecule has 7 heteroatoms. The normalized spacial score (nSPS) is 18.3. The minimum atomic E-state index is -1.21. The Morgan fingerprint density at radius 1 is 1.35 bits per heavy atom. The number of nitrogens with one attached hydrogen (secondary N) is 2. The molecule has 4 N–H and O–H groups in total. The van der Waals surface area contributed by atoms with Gasteiger partial charge in [0.2, 0.25) is 0 Å². The molecule has 1 unspecified atom stereocenters. The lowest BCUT2D eigenvalue weighted by atomic mass is 10.2. The van der Waals surface area contributed by atoms with Crippen LogP contribution in [0.4, 0.5) is 10.5 Å². The lowest BCUT2D eigenvalue weighted by molar-refractivity contribution is 0.0694. The zero-order chi connectivity index (χ0) is 14.5. The van der Waals surface area contributed by atoms with Crippen LogP contribution in [0, 0.1) is 0 Å². The number of hydrogen-bond donors (Lipinski definition) is 4. The van der Waals surface area contributed by atoms with Gasteiger partial charge in [-0.15, -0.1) is 0 Å². The second-order valence-corrected chi connectivity index (χ2v) is 5.70. The maximum atomic E-state index is 11.8. The molecule has 0 bridgehead atoms. The Balaban J connectivity index is 1.93. The number of phenols is 1. The highest BCUT2D eigenvalue weighted by atomic mass is 32.2. The number of carboxylic acids is 1. The van der Waals surface area contributed by atoms with E-state index in [-0.39, 0.29) is 23.4 Å². The summed E-state index contributed by atoms with van der Waals surface area (Å²) in [5, 5.41) is 23.8. The second kappa shape index (κ2) is 6.51. The third-order valence-electron chi connectivity index (χ3n) is 2.98. The number of anilines is 1. The molecule has 1 atom stereocenters. The van der Waals surface area contributed by atoms with Crippen LogP contribution in [0.25, 0.3) is 0 Å². The van der Waals surface area contributed by atoms with Gasteiger partial charge in [-0.05, 0) is 30.7 Å². The number of benzene rings is 1. The molecule has 1 saturated heterocycles. The SMILES string of the molecule is O=C(Nc1ccc(C(=O)O)c(O)c1)NC1CCCSC1. The van der Waals surface area contributed by atoms with Gasteiger partial charge in [0.1, 0.15) is 11.3 Å². The van der Waals surface area contributed by atoms with Gasteiger partial charge in [0.05, 0.1) is 0 Å². The summed E-state index contributed by atoms with van der Waals surface area (Å²) in [6.07, 6.45) is 2.05. The molecule has 2 rings (SSSR count). The van der Waals surface area contributed by atoms with Crippen molar-refractivity contribution in [3.8, 4) is 5.75 Å². The van der Waals surface area contributed by atoms with Crippen molar-refractivity contribution in [1.29, 1.82) is 0 Å². The fraction of sp³-hybridized carbons (Fsp3) is 0.385. The van der Waals surface area contributed by atoms with E-state index in [1.165, 1.54) is 18.2 Å². The Morgan fingerprint density at radius 2 is 2.15 bits per heavy atom. The van der Waals surface area contributed by atoms with Crippen LogP contribution in [0.3, 0.4) is 0 Å². The van der Waals surface area contributed by atoms with E-state index in [0.717, 1.165) is 24.3 Å². The number of amides is 2. The van der Waals surface area contributed by atoms with Crippen LogP contribution in [-0.4, -0.2) is 39.8 Å². The van der Waals surface area contributed by atoms with Crippen molar-refractivity contribution in [2.24, 2.45) is 0 Å². The summed E-state index contributed by atoms with van der Waals surface area (Å²) in [5.41, 5.74) is 0.160. The van der Waals surface area contributed by atoms with E-state index in [0.29, 0.717) is 5.69 Å². The summed E-state index contributed by atoms with van der Waals surface area (Å²) in [5.74, 6) is 0.447. The number of aromatic carboxylic acids is 1. The summed E-state index contributed by atoms with van der Waals surface area (Å²) in [7, 11) is 0. The van der Waals surface area contributed by atoms with E-state index < -0.39 is 5.97 Å². The Morgan fingerprint density at radius 3 is 2.75 bits per heavy atom. The molecule has 108 valence electrons. The van der Waals surface area contributed by atoms with E-state index in [2.05, 4.69) is 10.6 Å². The molecule has 1 aromatic carbocycles.